The van der Waals surface area contributed by atoms with E-state index in [2.05, 4.69) is 15.0 Å². The zero-order chi connectivity index (χ0) is 18.6. The summed E-state index contributed by atoms with van der Waals surface area (Å²) in [7, 11) is 5.16. The molecule has 1 saturated heterocycles. The third kappa shape index (κ3) is 4.20. The van der Waals surface area contributed by atoms with Gasteiger partial charge in [0.05, 0.1) is 22.6 Å². The summed E-state index contributed by atoms with van der Waals surface area (Å²) in [6, 6.07) is 2.54. The lowest BCUT2D eigenvalue weighted by molar-refractivity contribution is -0.384. The van der Waals surface area contributed by atoms with Crippen LogP contribution in [-0.2, 0) is 9.47 Å². The van der Waals surface area contributed by atoms with E-state index in [9.17, 15) is 14.9 Å². The van der Waals surface area contributed by atoms with Gasteiger partial charge in [0.2, 0.25) is 0 Å². The quantitative estimate of drug-likeness (QED) is 0.466. The second-order valence-electron chi connectivity index (χ2n) is 6.18. The molecule has 1 heterocycles. The van der Waals surface area contributed by atoms with Crippen molar-refractivity contribution < 1.29 is 19.2 Å². The molecule has 0 spiro atoms. The maximum absolute atomic E-state index is 11.7. The lowest BCUT2D eigenvalue weighted by Gasteiger charge is -2.43. The zero-order valence-corrected chi connectivity index (χ0v) is 15.3. The highest BCUT2D eigenvalue weighted by Gasteiger charge is 2.35. The smallest absolute Gasteiger partial charge is 0.339 e. The van der Waals surface area contributed by atoms with Gasteiger partial charge in [-0.05, 0) is 33.0 Å². The first-order valence-electron chi connectivity index (χ1n) is 7.86. The van der Waals surface area contributed by atoms with Crippen LogP contribution in [0.15, 0.2) is 12.1 Å². The molecular weight excluding hydrogens is 350 g/mol. The fraction of sp³-hybridized carbons (Fsp3) is 0.562. The SMILES string of the molecule is COC(=O)c1cc([N+](=O)[O-])c(NCC2(N(C)C)CCOCC2)cc1Cl. The predicted octanol–water partition coefficient (Wildman–Crippen LogP) is 2.56. The summed E-state index contributed by atoms with van der Waals surface area (Å²) in [4.78, 5) is 24.7. The summed E-state index contributed by atoms with van der Waals surface area (Å²) >= 11 is 6.10. The Kier molecular flexibility index (Phi) is 6.21. The number of hydrogen-bond donors (Lipinski definition) is 1. The van der Waals surface area contributed by atoms with Crippen molar-refractivity contribution in [2.24, 2.45) is 0 Å². The van der Waals surface area contributed by atoms with Crippen LogP contribution < -0.4 is 5.32 Å². The molecule has 25 heavy (non-hydrogen) atoms. The minimum Gasteiger partial charge on any atom is -0.465 e. The number of methoxy groups -OCH3 is 1. The Hall–Kier alpha value is -1.90. The molecule has 0 aliphatic carbocycles. The van der Waals surface area contributed by atoms with Crippen LogP contribution in [0.5, 0.6) is 0 Å². The van der Waals surface area contributed by atoms with E-state index >= 15 is 0 Å². The number of ether oxygens (including phenoxy) is 2. The number of carbonyl (C=O) groups is 1. The van der Waals surface area contributed by atoms with Gasteiger partial charge in [-0.15, -0.1) is 0 Å². The van der Waals surface area contributed by atoms with Gasteiger partial charge in [-0.25, -0.2) is 4.79 Å². The normalized spacial score (nSPS) is 16.5. The molecule has 0 aromatic heterocycles. The fourth-order valence-electron chi connectivity index (χ4n) is 2.91. The molecule has 1 aliphatic rings. The third-order valence-electron chi connectivity index (χ3n) is 4.67. The van der Waals surface area contributed by atoms with E-state index in [0.29, 0.717) is 19.8 Å². The highest BCUT2D eigenvalue weighted by Crippen LogP contribution is 2.33. The average molecular weight is 372 g/mol. The summed E-state index contributed by atoms with van der Waals surface area (Å²) in [5.74, 6) is -0.714. The number of likely N-dealkylation sites (N-methyl/N-ethyl adjacent to an activating group) is 1. The van der Waals surface area contributed by atoms with Gasteiger partial charge in [-0.1, -0.05) is 11.6 Å². The number of nitro benzene ring substituents is 1. The molecule has 9 heteroatoms. The molecule has 1 fully saturated rings. The van der Waals surface area contributed by atoms with Gasteiger partial charge in [0.25, 0.3) is 5.69 Å². The van der Waals surface area contributed by atoms with Crippen molar-refractivity contribution in [1.82, 2.24) is 4.90 Å². The minimum absolute atomic E-state index is 0.0326. The molecule has 0 unspecified atom stereocenters. The third-order valence-corrected chi connectivity index (χ3v) is 4.98. The Morgan fingerprint density at radius 2 is 2.08 bits per heavy atom. The molecule has 1 aromatic carbocycles. The highest BCUT2D eigenvalue weighted by molar-refractivity contribution is 6.34. The van der Waals surface area contributed by atoms with Crippen molar-refractivity contribution >= 4 is 28.9 Å². The average Bonchev–Trinajstić information content (AvgIpc) is 2.59. The number of esters is 1. The number of anilines is 1. The van der Waals surface area contributed by atoms with Gasteiger partial charge in [-0.3, -0.25) is 10.1 Å². The number of rotatable bonds is 6. The predicted molar refractivity (Wildman–Crippen MR) is 94.4 cm³/mol. The Bertz CT molecular complexity index is 659. The lowest BCUT2D eigenvalue weighted by Crippen LogP contribution is -2.53. The molecule has 1 aliphatic heterocycles. The Balaban J connectivity index is 2.30. The molecule has 1 aromatic rings. The van der Waals surface area contributed by atoms with Gasteiger partial charge in [0, 0.05) is 31.4 Å². The van der Waals surface area contributed by atoms with E-state index in [1.165, 1.54) is 13.2 Å². The van der Waals surface area contributed by atoms with Crippen LogP contribution in [-0.4, -0.2) is 62.3 Å². The zero-order valence-electron chi connectivity index (χ0n) is 14.5. The molecule has 0 radical (unpaired) electrons. The summed E-state index contributed by atoms with van der Waals surface area (Å²) in [6.45, 7) is 1.78. The molecule has 2 rings (SSSR count). The van der Waals surface area contributed by atoms with Crippen molar-refractivity contribution in [3.05, 3.63) is 32.8 Å². The lowest BCUT2D eigenvalue weighted by atomic mass is 9.88. The number of nitrogens with one attached hydrogen (secondary N) is 1. The van der Waals surface area contributed by atoms with Gasteiger partial charge in [-0.2, -0.15) is 0 Å². The van der Waals surface area contributed by atoms with Crippen LogP contribution in [0.2, 0.25) is 5.02 Å². The molecule has 1 N–H and O–H groups in total. The van der Waals surface area contributed by atoms with Crippen LogP contribution in [0.1, 0.15) is 23.2 Å². The topological polar surface area (TPSA) is 93.9 Å². The molecular formula is C16H22ClN3O5. The van der Waals surface area contributed by atoms with E-state index in [1.54, 1.807) is 0 Å². The summed E-state index contributed by atoms with van der Waals surface area (Å²) in [5.41, 5.74) is -0.143. The summed E-state index contributed by atoms with van der Waals surface area (Å²) < 4.78 is 10.0. The molecule has 0 atom stereocenters. The number of nitro groups is 1. The fourth-order valence-corrected chi connectivity index (χ4v) is 3.15. The number of hydrogen-bond acceptors (Lipinski definition) is 7. The van der Waals surface area contributed by atoms with Crippen LogP contribution >= 0.6 is 11.6 Å². The molecule has 0 bridgehead atoms. The number of carbonyl (C=O) groups excluding carboxylic acids is 1. The van der Waals surface area contributed by atoms with Crippen LogP contribution in [0, 0.1) is 10.1 Å². The van der Waals surface area contributed by atoms with E-state index in [0.717, 1.165) is 18.9 Å². The maximum atomic E-state index is 11.7. The first-order valence-corrected chi connectivity index (χ1v) is 8.24. The van der Waals surface area contributed by atoms with E-state index in [-0.39, 0.29) is 27.5 Å². The van der Waals surface area contributed by atoms with Crippen LogP contribution in [0.3, 0.4) is 0 Å². The van der Waals surface area contributed by atoms with Crippen LogP contribution in [0.4, 0.5) is 11.4 Å². The number of nitrogens with zero attached hydrogens (tertiary/aromatic N) is 2. The van der Waals surface area contributed by atoms with Gasteiger partial charge >= 0.3 is 5.97 Å². The van der Waals surface area contributed by atoms with Crippen LogP contribution in [0.25, 0.3) is 0 Å². The minimum atomic E-state index is -0.714. The second-order valence-corrected chi connectivity index (χ2v) is 6.59. The standard InChI is InChI=1S/C16H22ClN3O5/c1-19(2)16(4-6-25-7-5-16)10-18-13-9-12(17)11(15(21)24-3)8-14(13)20(22)23/h8-9,18H,4-7,10H2,1-3H3. The monoisotopic (exact) mass is 371 g/mol. The van der Waals surface area contributed by atoms with E-state index < -0.39 is 10.9 Å². The summed E-state index contributed by atoms with van der Waals surface area (Å²) in [6.07, 6.45) is 1.63. The van der Waals surface area contributed by atoms with Crippen molar-refractivity contribution in [3.8, 4) is 0 Å². The van der Waals surface area contributed by atoms with Gasteiger partial charge in [0.15, 0.2) is 0 Å². The molecule has 8 nitrogen and oxygen atoms in total. The number of benzene rings is 1. The van der Waals surface area contributed by atoms with Crippen molar-refractivity contribution in [2.75, 3.05) is 46.3 Å². The Morgan fingerprint density at radius 3 is 2.60 bits per heavy atom. The molecule has 0 amide bonds. The first-order chi connectivity index (χ1) is 11.8. The second kappa shape index (κ2) is 7.99. The highest BCUT2D eigenvalue weighted by atomic mass is 35.5. The van der Waals surface area contributed by atoms with Crippen molar-refractivity contribution in [1.29, 1.82) is 0 Å². The van der Waals surface area contributed by atoms with Crippen molar-refractivity contribution in [2.45, 2.75) is 18.4 Å². The van der Waals surface area contributed by atoms with E-state index in [4.69, 9.17) is 16.3 Å². The Morgan fingerprint density at radius 1 is 1.44 bits per heavy atom. The molecule has 138 valence electrons. The maximum Gasteiger partial charge on any atom is 0.339 e. The number of halogens is 1. The summed E-state index contributed by atoms with van der Waals surface area (Å²) in [5, 5.41) is 14.6. The molecule has 0 saturated carbocycles. The van der Waals surface area contributed by atoms with E-state index in [1.807, 2.05) is 14.1 Å². The Labute approximate surface area is 151 Å². The largest absolute Gasteiger partial charge is 0.465 e. The first kappa shape index (κ1) is 19.4. The van der Waals surface area contributed by atoms with Gasteiger partial charge in [0.1, 0.15) is 5.69 Å². The van der Waals surface area contributed by atoms with Crippen molar-refractivity contribution in [3.63, 3.8) is 0 Å². The van der Waals surface area contributed by atoms with Gasteiger partial charge < -0.3 is 19.7 Å².